The second-order valence-corrected chi connectivity index (χ2v) is 10.7. The lowest BCUT2D eigenvalue weighted by Crippen LogP contribution is -2.60. The van der Waals surface area contributed by atoms with E-state index in [0.29, 0.717) is 5.78 Å². The molecular formula is C30H38N4O2. The minimum Gasteiger partial charge on any atom is -0.495 e. The van der Waals surface area contributed by atoms with E-state index >= 15 is 0 Å². The highest BCUT2D eigenvalue weighted by Gasteiger charge is 2.40. The average molecular weight is 487 g/mol. The van der Waals surface area contributed by atoms with Crippen molar-refractivity contribution < 1.29 is 9.53 Å². The molecule has 36 heavy (non-hydrogen) atoms. The first-order valence-electron chi connectivity index (χ1n) is 13.7. The summed E-state index contributed by atoms with van der Waals surface area (Å²) < 4.78 is 5.55. The molecule has 1 aliphatic carbocycles. The van der Waals surface area contributed by atoms with Crippen LogP contribution in [0.15, 0.2) is 48.7 Å². The van der Waals surface area contributed by atoms with Gasteiger partial charge in [-0.05, 0) is 55.5 Å². The number of ketones is 1. The second-order valence-electron chi connectivity index (χ2n) is 10.7. The number of aryl methyl sites for hydroxylation is 1. The van der Waals surface area contributed by atoms with Crippen molar-refractivity contribution in [3.63, 3.8) is 0 Å². The third kappa shape index (κ3) is 4.36. The van der Waals surface area contributed by atoms with Gasteiger partial charge in [-0.25, -0.2) is 0 Å². The Morgan fingerprint density at radius 2 is 1.78 bits per heavy atom. The summed E-state index contributed by atoms with van der Waals surface area (Å²) in [7, 11) is 1.72. The minimum absolute atomic E-state index is 0.0493. The monoisotopic (exact) mass is 486 g/mol. The van der Waals surface area contributed by atoms with Crippen LogP contribution < -0.4 is 15.0 Å². The summed E-state index contributed by atoms with van der Waals surface area (Å²) in [6.07, 6.45) is 9.84. The number of aromatic nitrogens is 1. The number of Topliss-reactive ketones (excluding diaryl/α,β-unsaturated/α-hetero) is 1. The number of ether oxygens (including phenoxy) is 1. The van der Waals surface area contributed by atoms with Gasteiger partial charge in [0.2, 0.25) is 0 Å². The molecule has 2 unspecified atom stereocenters. The predicted molar refractivity (Wildman–Crippen MR) is 146 cm³/mol. The summed E-state index contributed by atoms with van der Waals surface area (Å²) in [5.74, 6) is 1.58. The van der Waals surface area contributed by atoms with Crippen LogP contribution in [0.4, 0.5) is 11.4 Å². The normalized spacial score (nSPS) is 22.1. The quantitative estimate of drug-likeness (QED) is 0.499. The lowest BCUT2D eigenvalue weighted by atomic mass is 9.80. The SMILES string of the molecule is COc1ccc(N2CCN(C(C(=O)C3CCCCC3)C3CCc4ccccc4N3)CC2)c2cc[nH]c12. The molecule has 190 valence electrons. The maximum atomic E-state index is 14.1. The summed E-state index contributed by atoms with van der Waals surface area (Å²) >= 11 is 0. The van der Waals surface area contributed by atoms with Crippen LogP contribution in [-0.4, -0.2) is 61.0 Å². The summed E-state index contributed by atoms with van der Waals surface area (Å²) in [6, 6.07) is 15.1. The lowest BCUT2D eigenvalue weighted by molar-refractivity contribution is -0.130. The molecule has 3 aliphatic rings. The molecule has 0 radical (unpaired) electrons. The van der Waals surface area contributed by atoms with E-state index in [1.807, 2.05) is 6.20 Å². The number of para-hydroxylation sites is 1. The molecule has 1 saturated heterocycles. The van der Waals surface area contributed by atoms with Gasteiger partial charge in [0, 0.05) is 61.1 Å². The molecule has 2 aromatic carbocycles. The van der Waals surface area contributed by atoms with Crippen molar-refractivity contribution in [3.8, 4) is 5.75 Å². The largest absolute Gasteiger partial charge is 0.495 e. The zero-order valence-electron chi connectivity index (χ0n) is 21.3. The Balaban J connectivity index is 1.22. The van der Waals surface area contributed by atoms with Crippen molar-refractivity contribution in [3.05, 3.63) is 54.2 Å². The molecule has 1 saturated carbocycles. The Labute approximate surface area is 214 Å². The van der Waals surface area contributed by atoms with Crippen molar-refractivity contribution in [1.82, 2.24) is 9.88 Å². The smallest absolute Gasteiger partial charge is 0.155 e. The maximum absolute atomic E-state index is 14.1. The summed E-state index contributed by atoms with van der Waals surface area (Å²) in [5.41, 5.74) is 4.87. The van der Waals surface area contributed by atoms with E-state index in [1.165, 1.54) is 41.6 Å². The molecule has 2 atom stereocenters. The standard InChI is InChI=1S/C30H38N4O2/c1-36-27-14-13-26(23-15-16-31-28(23)27)33-17-19-34(20-18-33)29(30(35)22-8-3-2-4-9-22)25-12-11-21-7-5-6-10-24(21)32-25/h5-7,10,13-16,22,25,29,31-32H,2-4,8-9,11-12,17-20H2,1H3. The molecule has 0 spiro atoms. The maximum Gasteiger partial charge on any atom is 0.155 e. The molecule has 2 fully saturated rings. The Morgan fingerprint density at radius 3 is 2.58 bits per heavy atom. The highest BCUT2D eigenvalue weighted by molar-refractivity contribution is 5.96. The first kappa shape index (κ1) is 23.4. The number of benzene rings is 2. The number of nitrogens with zero attached hydrogens (tertiary/aromatic N) is 2. The number of anilines is 2. The van der Waals surface area contributed by atoms with Gasteiger partial charge in [-0.1, -0.05) is 37.5 Å². The van der Waals surface area contributed by atoms with Crippen LogP contribution in [0.5, 0.6) is 5.75 Å². The van der Waals surface area contributed by atoms with E-state index in [9.17, 15) is 4.79 Å². The van der Waals surface area contributed by atoms with E-state index < -0.39 is 0 Å². The number of H-pyrrole nitrogens is 1. The average Bonchev–Trinajstić information content (AvgIpc) is 3.44. The molecule has 6 heteroatoms. The fraction of sp³-hybridized carbons (Fsp3) is 0.500. The third-order valence-electron chi connectivity index (χ3n) is 8.69. The Hall–Kier alpha value is -2.99. The minimum atomic E-state index is -0.0493. The highest BCUT2D eigenvalue weighted by atomic mass is 16.5. The van der Waals surface area contributed by atoms with Gasteiger partial charge in [0.05, 0.1) is 18.7 Å². The number of fused-ring (bicyclic) bond motifs is 2. The van der Waals surface area contributed by atoms with Crippen LogP contribution >= 0.6 is 0 Å². The molecule has 0 bridgehead atoms. The van der Waals surface area contributed by atoms with E-state index in [-0.39, 0.29) is 18.0 Å². The van der Waals surface area contributed by atoms with E-state index in [2.05, 4.69) is 62.6 Å². The van der Waals surface area contributed by atoms with E-state index in [0.717, 1.165) is 63.1 Å². The molecule has 3 heterocycles. The van der Waals surface area contributed by atoms with E-state index in [1.54, 1.807) is 7.11 Å². The third-order valence-corrected chi connectivity index (χ3v) is 8.69. The molecule has 6 nitrogen and oxygen atoms in total. The Morgan fingerprint density at radius 1 is 0.972 bits per heavy atom. The summed E-state index contributed by atoms with van der Waals surface area (Å²) in [5, 5.41) is 4.99. The van der Waals surface area contributed by atoms with Gasteiger partial charge in [-0.2, -0.15) is 0 Å². The molecule has 1 aromatic heterocycles. The number of carbonyl (C=O) groups excluding carboxylic acids is 1. The van der Waals surface area contributed by atoms with Crippen molar-refractivity contribution in [2.75, 3.05) is 43.5 Å². The zero-order chi connectivity index (χ0) is 24.5. The van der Waals surface area contributed by atoms with E-state index in [4.69, 9.17) is 4.74 Å². The van der Waals surface area contributed by atoms with Gasteiger partial charge < -0.3 is 19.9 Å². The van der Waals surface area contributed by atoms with Gasteiger partial charge in [0.25, 0.3) is 0 Å². The number of hydrogen-bond acceptors (Lipinski definition) is 5. The van der Waals surface area contributed by atoms with Crippen molar-refractivity contribution in [1.29, 1.82) is 0 Å². The number of nitrogens with one attached hydrogen (secondary N) is 2. The van der Waals surface area contributed by atoms with Gasteiger partial charge in [-0.3, -0.25) is 9.69 Å². The van der Waals surface area contributed by atoms with Crippen LogP contribution in [0.25, 0.3) is 10.9 Å². The Kier molecular flexibility index (Phi) is 6.61. The fourth-order valence-electron chi connectivity index (χ4n) is 6.76. The number of rotatable bonds is 6. The fourth-order valence-corrected chi connectivity index (χ4v) is 6.76. The zero-order valence-corrected chi connectivity index (χ0v) is 21.3. The molecule has 3 aromatic rings. The lowest BCUT2D eigenvalue weighted by Gasteiger charge is -2.45. The Bertz CT molecular complexity index is 1210. The van der Waals surface area contributed by atoms with Gasteiger partial charge in [0.15, 0.2) is 5.78 Å². The number of piperazine rings is 1. The van der Waals surface area contributed by atoms with Crippen LogP contribution in [0, 0.1) is 5.92 Å². The van der Waals surface area contributed by atoms with Crippen molar-refractivity contribution in [2.45, 2.75) is 57.0 Å². The molecule has 2 aliphatic heterocycles. The molecular weight excluding hydrogens is 448 g/mol. The van der Waals surface area contributed by atoms with Gasteiger partial charge in [0.1, 0.15) is 5.75 Å². The molecule has 2 N–H and O–H groups in total. The summed E-state index contributed by atoms with van der Waals surface area (Å²) in [6.45, 7) is 3.65. The van der Waals surface area contributed by atoms with Gasteiger partial charge >= 0.3 is 0 Å². The molecule has 6 rings (SSSR count). The van der Waals surface area contributed by atoms with Crippen molar-refractivity contribution in [2.24, 2.45) is 5.92 Å². The highest BCUT2D eigenvalue weighted by Crippen LogP contribution is 2.35. The first-order valence-corrected chi connectivity index (χ1v) is 13.7. The number of carbonyl (C=O) groups is 1. The van der Waals surface area contributed by atoms with Crippen LogP contribution in [0.3, 0.4) is 0 Å². The van der Waals surface area contributed by atoms with Crippen LogP contribution in [-0.2, 0) is 11.2 Å². The number of methoxy groups -OCH3 is 1. The predicted octanol–water partition coefficient (Wildman–Crippen LogP) is 5.24. The second kappa shape index (κ2) is 10.2. The molecule has 0 amide bonds. The number of hydrogen-bond donors (Lipinski definition) is 2. The van der Waals surface area contributed by atoms with Crippen LogP contribution in [0.1, 0.15) is 44.1 Å². The van der Waals surface area contributed by atoms with Crippen LogP contribution in [0.2, 0.25) is 0 Å². The topological polar surface area (TPSA) is 60.6 Å². The van der Waals surface area contributed by atoms with Crippen molar-refractivity contribution >= 4 is 28.1 Å². The number of aromatic amines is 1. The van der Waals surface area contributed by atoms with Gasteiger partial charge in [-0.15, -0.1) is 0 Å². The summed E-state index contributed by atoms with van der Waals surface area (Å²) in [4.78, 5) is 22.4. The first-order chi connectivity index (χ1) is 17.7.